The molecule has 0 aliphatic carbocycles. The van der Waals surface area contributed by atoms with Crippen LogP contribution in [0.3, 0.4) is 0 Å². The van der Waals surface area contributed by atoms with Gasteiger partial charge in [-0.2, -0.15) is 4.31 Å². The molecule has 20 heavy (non-hydrogen) atoms. The van der Waals surface area contributed by atoms with Crippen molar-refractivity contribution in [3.05, 3.63) is 35.4 Å². The number of morpholine rings is 1. The number of hydrogen-bond acceptors (Lipinski definition) is 3. The summed E-state index contributed by atoms with van der Waals surface area (Å²) < 4.78 is 31.9. The molecule has 0 radical (unpaired) electrons. The molecule has 1 heterocycles. The Hall–Kier alpha value is -0.910. The minimum Gasteiger partial charge on any atom is -0.371 e. The second-order valence-electron chi connectivity index (χ2n) is 5.80. The number of benzene rings is 1. The van der Waals surface area contributed by atoms with Gasteiger partial charge in [-0.25, -0.2) is 8.42 Å². The topological polar surface area (TPSA) is 46.6 Å². The lowest BCUT2D eigenvalue weighted by molar-refractivity contribution is -0.00261. The smallest absolute Gasteiger partial charge is 0.214 e. The van der Waals surface area contributed by atoms with E-state index in [-0.39, 0.29) is 17.8 Å². The van der Waals surface area contributed by atoms with E-state index < -0.39 is 10.0 Å². The zero-order chi connectivity index (χ0) is 14.8. The van der Waals surface area contributed by atoms with E-state index in [0.717, 1.165) is 5.56 Å². The van der Waals surface area contributed by atoms with E-state index in [1.807, 2.05) is 45.0 Å². The van der Waals surface area contributed by atoms with Gasteiger partial charge in [0.25, 0.3) is 0 Å². The van der Waals surface area contributed by atoms with Gasteiger partial charge in [-0.15, -0.1) is 0 Å². The van der Waals surface area contributed by atoms with E-state index in [9.17, 15) is 8.42 Å². The fraction of sp³-hybridized carbons (Fsp3) is 0.600. The van der Waals surface area contributed by atoms with Gasteiger partial charge in [0.15, 0.2) is 0 Å². The van der Waals surface area contributed by atoms with Gasteiger partial charge in [0.1, 0.15) is 0 Å². The molecule has 2 rings (SSSR count). The first-order chi connectivity index (χ1) is 9.38. The largest absolute Gasteiger partial charge is 0.371 e. The van der Waals surface area contributed by atoms with Crippen LogP contribution < -0.4 is 0 Å². The number of rotatable bonds is 4. The molecule has 5 heteroatoms. The molecule has 1 fully saturated rings. The van der Waals surface area contributed by atoms with Gasteiger partial charge in [-0.05, 0) is 18.4 Å². The molecule has 112 valence electrons. The fourth-order valence-electron chi connectivity index (χ4n) is 2.39. The minimum absolute atomic E-state index is 0.140. The number of ether oxygens (including phenoxy) is 1. The Morgan fingerprint density at radius 1 is 1.30 bits per heavy atom. The lowest BCUT2D eigenvalue weighted by Gasteiger charge is -2.32. The monoisotopic (exact) mass is 297 g/mol. The predicted octanol–water partition coefficient (Wildman–Crippen LogP) is 2.35. The highest BCUT2D eigenvalue weighted by molar-refractivity contribution is 7.89. The van der Waals surface area contributed by atoms with Crippen LogP contribution in [-0.2, 0) is 14.8 Å². The summed E-state index contributed by atoms with van der Waals surface area (Å²) in [5, 5.41) is 0. The predicted molar refractivity (Wildman–Crippen MR) is 80.1 cm³/mol. The molecule has 0 N–H and O–H groups in total. The molecule has 1 unspecified atom stereocenters. The van der Waals surface area contributed by atoms with Crippen molar-refractivity contribution in [1.29, 1.82) is 0 Å². The first-order valence-corrected chi connectivity index (χ1v) is 8.65. The zero-order valence-electron chi connectivity index (χ0n) is 12.4. The summed E-state index contributed by atoms with van der Waals surface area (Å²) >= 11 is 0. The molecule has 0 amide bonds. The maximum atomic E-state index is 12.3. The first kappa shape index (κ1) is 15.5. The molecule has 1 saturated heterocycles. The van der Waals surface area contributed by atoms with E-state index in [0.29, 0.717) is 19.7 Å². The average Bonchev–Trinajstić information content (AvgIpc) is 2.38. The molecular weight excluding hydrogens is 274 g/mol. The van der Waals surface area contributed by atoms with Crippen molar-refractivity contribution < 1.29 is 13.2 Å². The number of sulfonamides is 1. The van der Waals surface area contributed by atoms with Gasteiger partial charge in [-0.1, -0.05) is 43.7 Å². The molecular formula is C15H23NO3S. The van der Waals surface area contributed by atoms with E-state index >= 15 is 0 Å². The molecule has 0 spiro atoms. The number of aryl methyl sites for hydroxylation is 1. The van der Waals surface area contributed by atoms with Crippen molar-refractivity contribution in [3.8, 4) is 0 Å². The van der Waals surface area contributed by atoms with Gasteiger partial charge in [0, 0.05) is 13.1 Å². The lowest BCUT2D eigenvalue weighted by atomic mass is 10.1. The van der Waals surface area contributed by atoms with Crippen LogP contribution in [0.25, 0.3) is 0 Å². The third kappa shape index (κ3) is 3.81. The quantitative estimate of drug-likeness (QED) is 0.857. The van der Waals surface area contributed by atoms with Crippen LogP contribution in [0.1, 0.15) is 31.1 Å². The Morgan fingerprint density at radius 3 is 2.55 bits per heavy atom. The normalized spacial score (nSPS) is 21.3. The van der Waals surface area contributed by atoms with E-state index in [2.05, 4.69) is 0 Å². The van der Waals surface area contributed by atoms with Crippen LogP contribution in [0, 0.1) is 12.8 Å². The van der Waals surface area contributed by atoms with Crippen molar-refractivity contribution in [1.82, 2.24) is 4.31 Å². The van der Waals surface area contributed by atoms with Crippen molar-refractivity contribution in [3.63, 3.8) is 0 Å². The molecule has 4 nitrogen and oxygen atoms in total. The molecule has 0 saturated carbocycles. The number of nitrogens with zero attached hydrogens (tertiary/aromatic N) is 1. The average molecular weight is 297 g/mol. The summed E-state index contributed by atoms with van der Waals surface area (Å²) in [6.07, 6.45) is -0.161. The highest BCUT2D eigenvalue weighted by atomic mass is 32.2. The van der Waals surface area contributed by atoms with E-state index in [4.69, 9.17) is 4.74 Å². The van der Waals surface area contributed by atoms with Gasteiger partial charge >= 0.3 is 0 Å². The highest BCUT2D eigenvalue weighted by Gasteiger charge is 2.30. The van der Waals surface area contributed by atoms with Crippen molar-refractivity contribution >= 4 is 10.0 Å². The Morgan fingerprint density at radius 2 is 1.95 bits per heavy atom. The summed E-state index contributed by atoms with van der Waals surface area (Å²) in [5.41, 5.74) is 2.23. The summed E-state index contributed by atoms with van der Waals surface area (Å²) in [7, 11) is -3.18. The summed E-state index contributed by atoms with van der Waals surface area (Å²) in [5.74, 6) is 0.342. The van der Waals surface area contributed by atoms with Crippen molar-refractivity contribution in [2.45, 2.75) is 26.9 Å². The highest BCUT2D eigenvalue weighted by Crippen LogP contribution is 2.24. The molecule has 0 aromatic heterocycles. The Bertz CT molecular complexity index is 537. The summed E-state index contributed by atoms with van der Waals surface area (Å²) in [6.45, 7) is 7.21. The second-order valence-corrected chi connectivity index (χ2v) is 7.81. The Labute approximate surface area is 121 Å². The van der Waals surface area contributed by atoms with Gasteiger partial charge in [0.2, 0.25) is 10.0 Å². The van der Waals surface area contributed by atoms with E-state index in [1.165, 1.54) is 5.56 Å². The fourth-order valence-corrected chi connectivity index (χ4v) is 4.16. The van der Waals surface area contributed by atoms with Crippen LogP contribution in [0.4, 0.5) is 0 Å². The van der Waals surface area contributed by atoms with Crippen LogP contribution in [0.5, 0.6) is 0 Å². The van der Waals surface area contributed by atoms with Crippen molar-refractivity contribution in [2.75, 3.05) is 25.4 Å². The minimum atomic E-state index is -3.18. The second kappa shape index (κ2) is 6.24. The lowest BCUT2D eigenvalue weighted by Crippen LogP contribution is -2.43. The maximum Gasteiger partial charge on any atom is 0.214 e. The molecule has 1 aliphatic rings. The third-order valence-electron chi connectivity index (χ3n) is 3.42. The Balaban J connectivity index is 2.10. The molecule has 0 bridgehead atoms. The molecule has 1 aliphatic heterocycles. The SMILES string of the molecule is Cc1ccc(C2CN(S(=O)(=O)CC(C)C)CCO2)cc1. The summed E-state index contributed by atoms with van der Waals surface area (Å²) in [4.78, 5) is 0. The first-order valence-electron chi connectivity index (χ1n) is 7.04. The van der Waals surface area contributed by atoms with Crippen LogP contribution in [0.2, 0.25) is 0 Å². The molecule has 1 atom stereocenters. The zero-order valence-corrected chi connectivity index (χ0v) is 13.2. The van der Waals surface area contributed by atoms with Crippen LogP contribution >= 0.6 is 0 Å². The van der Waals surface area contributed by atoms with Gasteiger partial charge in [0.05, 0.1) is 18.5 Å². The third-order valence-corrected chi connectivity index (χ3v) is 5.62. The van der Waals surface area contributed by atoms with Gasteiger partial charge in [-0.3, -0.25) is 0 Å². The Kier molecular flexibility index (Phi) is 4.83. The standard InChI is InChI=1S/C15H23NO3S/c1-12(2)11-20(17,18)16-8-9-19-15(10-16)14-6-4-13(3)5-7-14/h4-7,12,15H,8-11H2,1-3H3. The molecule has 1 aromatic carbocycles. The maximum absolute atomic E-state index is 12.3. The summed E-state index contributed by atoms with van der Waals surface area (Å²) in [6, 6.07) is 8.08. The van der Waals surface area contributed by atoms with Gasteiger partial charge < -0.3 is 4.74 Å². The van der Waals surface area contributed by atoms with Crippen molar-refractivity contribution in [2.24, 2.45) is 5.92 Å². The van der Waals surface area contributed by atoms with Crippen LogP contribution in [-0.4, -0.2) is 38.2 Å². The van der Waals surface area contributed by atoms with E-state index in [1.54, 1.807) is 4.31 Å². The number of hydrogen-bond donors (Lipinski definition) is 0. The molecule has 1 aromatic rings. The van der Waals surface area contributed by atoms with Crippen LogP contribution in [0.15, 0.2) is 24.3 Å².